The number of hydrogen-bond donors (Lipinski definition) is 1. The van der Waals surface area contributed by atoms with Gasteiger partial charge in [-0.05, 0) is 61.1 Å². The molecule has 1 saturated heterocycles. The maximum atomic E-state index is 13.8. The number of carbonyl (C=O) groups is 1. The number of nitrogens with zero attached hydrogens (tertiary/aromatic N) is 3. The van der Waals surface area contributed by atoms with Gasteiger partial charge in [-0.3, -0.25) is 14.7 Å². The molecule has 1 amide bonds. The molecule has 2 fully saturated rings. The number of piperazine rings is 1. The van der Waals surface area contributed by atoms with Crippen LogP contribution in [0.5, 0.6) is 5.75 Å². The molecule has 6 nitrogen and oxygen atoms in total. The first-order valence-corrected chi connectivity index (χ1v) is 11.5. The maximum absolute atomic E-state index is 13.8. The summed E-state index contributed by atoms with van der Waals surface area (Å²) in [5.74, 6) is 0.826. The van der Waals surface area contributed by atoms with Crippen molar-refractivity contribution in [1.29, 1.82) is 0 Å². The Balaban J connectivity index is 1.40. The maximum Gasteiger partial charge on any atom is 0.270 e. The number of halogens is 1. The zero-order valence-corrected chi connectivity index (χ0v) is 19.2. The van der Waals surface area contributed by atoms with Crippen LogP contribution >= 0.6 is 0 Å². The van der Waals surface area contributed by atoms with Crippen molar-refractivity contribution < 1.29 is 13.9 Å². The van der Waals surface area contributed by atoms with Crippen LogP contribution in [0.3, 0.4) is 0 Å². The van der Waals surface area contributed by atoms with Gasteiger partial charge in [0.15, 0.2) is 0 Å². The van der Waals surface area contributed by atoms with Crippen molar-refractivity contribution in [2.24, 2.45) is 5.92 Å². The zero-order chi connectivity index (χ0) is 22.7. The van der Waals surface area contributed by atoms with E-state index in [9.17, 15) is 9.18 Å². The molecule has 0 unspecified atom stereocenters. The lowest BCUT2D eigenvalue weighted by Gasteiger charge is -2.36. The molecule has 1 aromatic carbocycles. The number of benzene rings is 1. The fraction of sp³-hybridized carbons (Fsp3) is 0.520. The van der Waals surface area contributed by atoms with Crippen molar-refractivity contribution in [2.45, 2.75) is 38.6 Å². The third-order valence-corrected chi connectivity index (χ3v) is 6.34. The lowest BCUT2D eigenvalue weighted by atomic mass is 10.0. The Labute approximate surface area is 189 Å². The first-order valence-electron chi connectivity index (χ1n) is 11.5. The summed E-state index contributed by atoms with van der Waals surface area (Å²) in [4.78, 5) is 22.1. The van der Waals surface area contributed by atoms with Crippen LogP contribution in [0, 0.1) is 11.7 Å². The van der Waals surface area contributed by atoms with Gasteiger partial charge in [0.2, 0.25) is 0 Å². The van der Waals surface area contributed by atoms with Gasteiger partial charge in [-0.25, -0.2) is 4.39 Å². The molecular formula is C25H33FN4O2. The number of pyridine rings is 1. The first kappa shape index (κ1) is 22.5. The molecule has 2 heterocycles. The van der Waals surface area contributed by atoms with Crippen LogP contribution in [0.1, 0.15) is 42.7 Å². The van der Waals surface area contributed by atoms with E-state index in [1.54, 1.807) is 19.4 Å². The van der Waals surface area contributed by atoms with E-state index in [1.807, 2.05) is 12.1 Å². The third-order valence-electron chi connectivity index (χ3n) is 6.34. The Bertz CT molecular complexity index is 953. The van der Waals surface area contributed by atoms with E-state index in [4.69, 9.17) is 4.74 Å². The molecule has 0 atom stereocenters. The quantitative estimate of drug-likeness (QED) is 0.681. The number of rotatable bonds is 8. The predicted molar refractivity (Wildman–Crippen MR) is 124 cm³/mol. The molecule has 2 aliphatic rings. The Morgan fingerprint density at radius 2 is 1.94 bits per heavy atom. The second kappa shape index (κ2) is 9.45. The molecule has 172 valence electrons. The molecule has 2 aromatic rings. The number of methoxy groups -OCH3 is 1. The summed E-state index contributed by atoms with van der Waals surface area (Å²) >= 11 is 0. The number of anilines is 1. The number of nitrogens with one attached hydrogen (secondary N) is 1. The predicted octanol–water partition coefficient (Wildman–Crippen LogP) is 3.51. The lowest BCUT2D eigenvalue weighted by molar-refractivity contribution is 0.0926. The lowest BCUT2D eigenvalue weighted by Crippen LogP contribution is -2.47. The third kappa shape index (κ3) is 5.38. The average molecular weight is 441 g/mol. The van der Waals surface area contributed by atoms with Gasteiger partial charge in [0.05, 0.1) is 7.11 Å². The van der Waals surface area contributed by atoms with E-state index in [0.717, 1.165) is 56.8 Å². The molecule has 0 bridgehead atoms. The minimum Gasteiger partial charge on any atom is -0.496 e. The molecule has 32 heavy (non-hydrogen) atoms. The topological polar surface area (TPSA) is 57.7 Å². The summed E-state index contributed by atoms with van der Waals surface area (Å²) in [6.45, 7) is 9.56. The summed E-state index contributed by atoms with van der Waals surface area (Å²) in [5, 5.41) is 3.16. The van der Waals surface area contributed by atoms with Gasteiger partial charge in [-0.1, -0.05) is 13.8 Å². The Morgan fingerprint density at radius 1 is 1.19 bits per heavy atom. The highest BCUT2D eigenvalue weighted by molar-refractivity contribution is 5.94. The molecular weight excluding hydrogens is 407 g/mol. The van der Waals surface area contributed by atoms with E-state index in [1.165, 1.54) is 12.1 Å². The van der Waals surface area contributed by atoms with Gasteiger partial charge in [-0.15, -0.1) is 0 Å². The van der Waals surface area contributed by atoms with Crippen LogP contribution in [0.15, 0.2) is 36.5 Å². The van der Waals surface area contributed by atoms with E-state index in [0.29, 0.717) is 23.8 Å². The number of amides is 1. The fourth-order valence-corrected chi connectivity index (χ4v) is 4.50. The molecule has 4 rings (SSSR count). The smallest absolute Gasteiger partial charge is 0.270 e. The van der Waals surface area contributed by atoms with Crippen molar-refractivity contribution in [3.8, 4) is 5.75 Å². The minimum atomic E-state index is -0.363. The summed E-state index contributed by atoms with van der Waals surface area (Å²) in [6, 6.07) is 8.36. The Kier molecular flexibility index (Phi) is 6.65. The van der Waals surface area contributed by atoms with Gasteiger partial charge in [0.1, 0.15) is 17.3 Å². The van der Waals surface area contributed by atoms with Gasteiger partial charge < -0.3 is 15.0 Å². The monoisotopic (exact) mass is 440 g/mol. The number of aromatic nitrogens is 1. The molecule has 1 N–H and O–H groups in total. The number of carbonyl (C=O) groups excluding carboxylic acids is 1. The van der Waals surface area contributed by atoms with Crippen molar-refractivity contribution in [3.05, 3.63) is 53.6 Å². The van der Waals surface area contributed by atoms with E-state index in [2.05, 4.69) is 33.9 Å². The van der Waals surface area contributed by atoms with Crippen LogP contribution in [-0.4, -0.2) is 61.2 Å². The molecule has 1 aromatic heterocycles. The molecule has 0 radical (unpaired) electrons. The van der Waals surface area contributed by atoms with E-state index >= 15 is 0 Å². The van der Waals surface area contributed by atoms with Crippen LogP contribution < -0.4 is 15.0 Å². The van der Waals surface area contributed by atoms with Crippen molar-refractivity contribution in [2.75, 3.05) is 44.7 Å². The first-order chi connectivity index (χ1) is 15.4. The Morgan fingerprint density at radius 3 is 2.59 bits per heavy atom. The molecule has 1 saturated carbocycles. The average Bonchev–Trinajstić information content (AvgIpc) is 3.53. The highest BCUT2D eigenvalue weighted by Crippen LogP contribution is 2.40. The molecule has 7 heteroatoms. The molecule has 0 spiro atoms. The molecule has 1 aliphatic heterocycles. The van der Waals surface area contributed by atoms with Gasteiger partial charge >= 0.3 is 0 Å². The van der Waals surface area contributed by atoms with Crippen LogP contribution in [0.2, 0.25) is 0 Å². The summed E-state index contributed by atoms with van der Waals surface area (Å²) in [5.41, 5.74) is 1.86. The van der Waals surface area contributed by atoms with Crippen molar-refractivity contribution in [1.82, 2.24) is 15.2 Å². The van der Waals surface area contributed by atoms with Crippen molar-refractivity contribution in [3.63, 3.8) is 0 Å². The number of hydrogen-bond acceptors (Lipinski definition) is 5. The fourth-order valence-electron chi connectivity index (χ4n) is 4.50. The highest BCUT2D eigenvalue weighted by atomic mass is 19.1. The SMILES string of the molecule is COc1ccc(F)cc1CC1(NC(=O)c2cc(N3CCN(CC(C)C)CC3)ccn2)CC1. The van der Waals surface area contributed by atoms with Gasteiger partial charge in [-0.2, -0.15) is 0 Å². The summed E-state index contributed by atoms with van der Waals surface area (Å²) < 4.78 is 19.1. The van der Waals surface area contributed by atoms with E-state index in [-0.39, 0.29) is 17.3 Å². The second-order valence-corrected chi connectivity index (χ2v) is 9.45. The van der Waals surface area contributed by atoms with Gasteiger partial charge in [0, 0.05) is 50.1 Å². The standard InChI is InChI=1S/C25H33FN4O2/c1-18(2)17-29-10-12-30(13-11-29)21-6-9-27-22(15-21)24(31)28-25(7-8-25)16-19-14-20(26)4-5-23(19)32-3/h4-6,9,14-15,18H,7-8,10-13,16-17H2,1-3H3,(H,28,31). The minimum absolute atomic E-state index is 0.182. The number of ether oxygens (including phenoxy) is 1. The van der Waals surface area contributed by atoms with Crippen molar-refractivity contribution >= 4 is 11.6 Å². The van der Waals surface area contributed by atoms with Crippen LogP contribution in [-0.2, 0) is 6.42 Å². The zero-order valence-electron chi connectivity index (χ0n) is 19.2. The Hall–Kier alpha value is -2.67. The van der Waals surface area contributed by atoms with Gasteiger partial charge in [0.25, 0.3) is 5.91 Å². The summed E-state index contributed by atoms with van der Waals surface area (Å²) in [6.07, 6.45) is 3.96. The normalized spacial score (nSPS) is 18.0. The largest absolute Gasteiger partial charge is 0.496 e. The highest BCUT2D eigenvalue weighted by Gasteiger charge is 2.45. The van der Waals surface area contributed by atoms with Crippen LogP contribution in [0.4, 0.5) is 10.1 Å². The second-order valence-electron chi connectivity index (χ2n) is 9.45. The van der Waals surface area contributed by atoms with E-state index < -0.39 is 0 Å². The summed E-state index contributed by atoms with van der Waals surface area (Å²) in [7, 11) is 1.58. The molecule has 1 aliphatic carbocycles. The van der Waals surface area contributed by atoms with Crippen LogP contribution in [0.25, 0.3) is 0 Å².